The largest absolute Gasteiger partial charge is 0.545 e. The van der Waals surface area contributed by atoms with Crippen molar-refractivity contribution in [1.29, 1.82) is 0 Å². The molecule has 0 fully saturated rings. The van der Waals surface area contributed by atoms with Crippen LogP contribution in [-0.2, 0) is 14.0 Å². The summed E-state index contributed by atoms with van der Waals surface area (Å²) in [6.07, 6.45) is 7.19. The summed E-state index contributed by atoms with van der Waals surface area (Å²) in [6, 6.07) is 8.67. The summed E-state index contributed by atoms with van der Waals surface area (Å²) in [5, 5.41) is 3.38. The smallest absolute Gasteiger partial charge is 0.340 e. The summed E-state index contributed by atoms with van der Waals surface area (Å²) in [5.74, 6) is -0.0358. The van der Waals surface area contributed by atoms with Crippen LogP contribution < -0.4 is 0 Å². The zero-order valence-electron chi connectivity index (χ0n) is 20.1. The van der Waals surface area contributed by atoms with E-state index in [1.54, 1.807) is 22.2 Å². The van der Waals surface area contributed by atoms with Gasteiger partial charge in [-0.3, -0.25) is 9.80 Å². The highest BCUT2D eigenvalue weighted by Crippen LogP contribution is 2.40. The minimum atomic E-state index is -2.28. The molecule has 172 valence electrons. The first-order chi connectivity index (χ1) is 14.9. The van der Waals surface area contributed by atoms with Crippen LogP contribution in [0.2, 0.25) is 18.1 Å². The van der Waals surface area contributed by atoms with Gasteiger partial charge in [-0.2, -0.15) is 0 Å². The van der Waals surface area contributed by atoms with E-state index in [4.69, 9.17) is 9.16 Å². The van der Waals surface area contributed by atoms with E-state index in [1.165, 1.54) is 0 Å². The highest BCUT2D eigenvalue weighted by molar-refractivity contribution is 6.74. The molecule has 0 bridgehead atoms. The number of amides is 1. The SMILES string of the molecule is CC(C)OC(=O)C1=C(O[Si](C)(C)C(C)(C)C)CN(C(=O)c2ccccc2)N2C=CC=CC12. The van der Waals surface area contributed by atoms with Crippen molar-refractivity contribution in [3.05, 3.63) is 71.7 Å². The lowest BCUT2D eigenvalue weighted by atomic mass is 10.00. The molecule has 0 aliphatic carbocycles. The molecule has 1 unspecified atom stereocenters. The molecule has 0 radical (unpaired) electrons. The summed E-state index contributed by atoms with van der Waals surface area (Å²) in [5.41, 5.74) is 1.04. The van der Waals surface area contributed by atoms with Crippen LogP contribution in [0.25, 0.3) is 0 Å². The molecule has 0 saturated heterocycles. The van der Waals surface area contributed by atoms with Crippen LogP contribution in [0.4, 0.5) is 0 Å². The zero-order chi connectivity index (χ0) is 23.7. The maximum absolute atomic E-state index is 13.5. The summed E-state index contributed by atoms with van der Waals surface area (Å²) in [4.78, 5) is 26.7. The van der Waals surface area contributed by atoms with Crippen molar-refractivity contribution in [2.45, 2.75) is 64.9 Å². The van der Waals surface area contributed by atoms with Crippen molar-refractivity contribution in [3.63, 3.8) is 0 Å². The van der Waals surface area contributed by atoms with E-state index < -0.39 is 20.3 Å². The predicted molar refractivity (Wildman–Crippen MR) is 128 cm³/mol. The molecule has 1 aromatic rings. The van der Waals surface area contributed by atoms with E-state index in [-0.39, 0.29) is 23.6 Å². The van der Waals surface area contributed by atoms with Crippen LogP contribution in [0.1, 0.15) is 45.0 Å². The number of fused-ring (bicyclic) bond motifs is 1. The minimum Gasteiger partial charge on any atom is -0.545 e. The van der Waals surface area contributed by atoms with E-state index in [0.717, 1.165) is 0 Å². The Hall–Kier alpha value is -2.80. The van der Waals surface area contributed by atoms with Crippen molar-refractivity contribution < 1.29 is 18.8 Å². The van der Waals surface area contributed by atoms with Crippen LogP contribution in [-0.4, -0.2) is 48.9 Å². The van der Waals surface area contributed by atoms with E-state index in [0.29, 0.717) is 16.9 Å². The van der Waals surface area contributed by atoms with E-state index in [2.05, 4.69) is 33.9 Å². The third kappa shape index (κ3) is 4.82. The number of rotatable bonds is 5. The van der Waals surface area contributed by atoms with Gasteiger partial charge in [-0.25, -0.2) is 9.80 Å². The van der Waals surface area contributed by atoms with Crippen molar-refractivity contribution >= 4 is 20.2 Å². The lowest BCUT2D eigenvalue weighted by Crippen LogP contribution is -2.56. The molecule has 2 heterocycles. The third-order valence-electron chi connectivity index (χ3n) is 6.10. The van der Waals surface area contributed by atoms with E-state index in [9.17, 15) is 9.59 Å². The van der Waals surface area contributed by atoms with Gasteiger partial charge in [-0.15, -0.1) is 0 Å². The number of allylic oxidation sites excluding steroid dienone is 2. The molecule has 0 aromatic heterocycles. The second kappa shape index (κ2) is 8.98. The number of carbonyl (C=O) groups excluding carboxylic acids is 2. The highest BCUT2D eigenvalue weighted by Gasteiger charge is 2.45. The van der Waals surface area contributed by atoms with Gasteiger partial charge >= 0.3 is 5.97 Å². The van der Waals surface area contributed by atoms with Crippen molar-refractivity contribution in [2.75, 3.05) is 6.54 Å². The summed E-state index contributed by atoms with van der Waals surface area (Å²) in [6.45, 7) is 14.5. The number of hydrogen-bond acceptors (Lipinski definition) is 5. The Labute approximate surface area is 192 Å². The Morgan fingerprint density at radius 3 is 2.34 bits per heavy atom. The first kappa shape index (κ1) is 23.9. The Bertz CT molecular complexity index is 958. The van der Waals surface area contributed by atoms with Gasteiger partial charge < -0.3 is 9.16 Å². The number of hydrogen-bond donors (Lipinski definition) is 0. The molecule has 2 aliphatic heterocycles. The lowest BCUT2D eigenvalue weighted by molar-refractivity contribution is -0.144. The molecule has 7 heteroatoms. The van der Waals surface area contributed by atoms with Crippen molar-refractivity contribution in [2.24, 2.45) is 0 Å². The van der Waals surface area contributed by atoms with E-state index in [1.807, 2.05) is 56.5 Å². The van der Waals surface area contributed by atoms with E-state index >= 15 is 0 Å². The number of esters is 1. The molecule has 2 aliphatic rings. The molecule has 0 N–H and O–H groups in total. The summed E-state index contributed by atoms with van der Waals surface area (Å²) < 4.78 is 12.3. The van der Waals surface area contributed by atoms with Gasteiger partial charge in [0.2, 0.25) is 8.32 Å². The number of hydrazine groups is 1. The third-order valence-corrected chi connectivity index (χ3v) is 10.5. The Kier molecular flexibility index (Phi) is 6.69. The van der Waals surface area contributed by atoms with Gasteiger partial charge in [-0.05, 0) is 50.2 Å². The molecule has 1 aromatic carbocycles. The average molecular weight is 455 g/mol. The highest BCUT2D eigenvalue weighted by atomic mass is 28.4. The standard InChI is InChI=1S/C25H34N2O4Si/c1-18(2)30-24(29)22-20-15-11-12-16-26(20)27(23(28)19-13-9-8-10-14-19)17-21(22)31-32(6,7)25(3,4)5/h8-16,18,20H,17H2,1-7H3. The fraction of sp³-hybridized carbons (Fsp3) is 0.440. The maximum Gasteiger partial charge on any atom is 0.340 e. The molecule has 0 saturated carbocycles. The topological polar surface area (TPSA) is 59.1 Å². The summed E-state index contributed by atoms with van der Waals surface area (Å²) in [7, 11) is -2.28. The number of ether oxygens (including phenoxy) is 1. The molecular formula is C25H34N2O4Si. The number of benzene rings is 1. The average Bonchev–Trinajstić information content (AvgIpc) is 2.71. The van der Waals surface area contributed by atoms with Crippen molar-refractivity contribution in [3.8, 4) is 0 Å². The first-order valence-electron chi connectivity index (χ1n) is 11.1. The van der Waals surface area contributed by atoms with Crippen LogP contribution >= 0.6 is 0 Å². The van der Waals surface area contributed by atoms with Gasteiger partial charge in [0.1, 0.15) is 17.4 Å². The molecular weight excluding hydrogens is 420 g/mol. The fourth-order valence-corrected chi connectivity index (χ4v) is 4.48. The quantitative estimate of drug-likeness (QED) is 0.461. The monoisotopic (exact) mass is 454 g/mol. The van der Waals surface area contributed by atoms with Crippen LogP contribution in [0, 0.1) is 0 Å². The Morgan fingerprint density at radius 1 is 1.09 bits per heavy atom. The van der Waals surface area contributed by atoms with Crippen molar-refractivity contribution in [1.82, 2.24) is 10.0 Å². The molecule has 32 heavy (non-hydrogen) atoms. The Morgan fingerprint density at radius 2 is 1.75 bits per heavy atom. The fourth-order valence-electron chi connectivity index (χ4n) is 3.38. The second-order valence-corrected chi connectivity index (χ2v) is 14.7. The maximum atomic E-state index is 13.5. The molecule has 1 atom stereocenters. The van der Waals surface area contributed by atoms with Gasteiger partial charge in [-0.1, -0.05) is 51.1 Å². The predicted octanol–water partition coefficient (Wildman–Crippen LogP) is 5.04. The Balaban J connectivity index is 2.10. The zero-order valence-corrected chi connectivity index (χ0v) is 21.1. The van der Waals surface area contributed by atoms with Crippen LogP contribution in [0.5, 0.6) is 0 Å². The van der Waals surface area contributed by atoms with Crippen LogP contribution in [0.3, 0.4) is 0 Å². The van der Waals surface area contributed by atoms with Gasteiger partial charge in [0.05, 0.1) is 12.6 Å². The second-order valence-electron chi connectivity index (χ2n) is 9.93. The minimum absolute atomic E-state index is 0.0687. The molecule has 1 amide bonds. The number of nitrogens with zero attached hydrogens (tertiary/aromatic N) is 2. The normalized spacial score (nSPS) is 18.7. The van der Waals surface area contributed by atoms with Gasteiger partial charge in [0.25, 0.3) is 5.91 Å². The first-order valence-corrected chi connectivity index (χ1v) is 14.0. The van der Waals surface area contributed by atoms with Gasteiger partial charge in [0.15, 0.2) is 0 Å². The molecule has 3 rings (SSSR count). The molecule has 6 nitrogen and oxygen atoms in total. The number of carbonyl (C=O) groups is 2. The summed E-state index contributed by atoms with van der Waals surface area (Å²) >= 11 is 0. The lowest BCUT2D eigenvalue weighted by Gasteiger charge is -2.47. The van der Waals surface area contributed by atoms with Crippen LogP contribution in [0.15, 0.2) is 66.1 Å². The van der Waals surface area contributed by atoms with Gasteiger partial charge in [0, 0.05) is 11.8 Å². The molecule has 0 spiro atoms.